The zero-order valence-corrected chi connectivity index (χ0v) is 19.3. The molecule has 2 heterocycles. The minimum Gasteiger partial charge on any atom is -0.339 e. The number of nitrogens with one attached hydrogen (secondary N) is 1. The first-order valence-corrected chi connectivity index (χ1v) is 10.8. The van der Waals surface area contributed by atoms with Gasteiger partial charge in [-0.05, 0) is 42.3 Å². The molecule has 1 N–H and O–H groups in total. The number of nitrogens with zero attached hydrogens (tertiary/aromatic N) is 4. The zero-order chi connectivity index (χ0) is 25.9. The van der Waals surface area contributed by atoms with E-state index in [1.807, 2.05) is 6.92 Å². The Labute approximate surface area is 204 Å². The third kappa shape index (κ3) is 5.52. The SMILES string of the molecule is CNC(=O)n1cc(C#Cc2cc(C(=O)Cc3cc(-n4ccnc4)cc(C(F)(F)F)c3)ccc2C)cn1. The normalized spacial score (nSPS) is 11.0. The molecule has 36 heavy (non-hydrogen) atoms. The highest BCUT2D eigenvalue weighted by Crippen LogP contribution is 2.32. The van der Waals surface area contributed by atoms with E-state index in [4.69, 9.17) is 0 Å². The summed E-state index contributed by atoms with van der Waals surface area (Å²) < 4.78 is 43.0. The number of halogens is 3. The molecule has 0 spiro atoms. The molecule has 4 rings (SSSR count). The smallest absolute Gasteiger partial charge is 0.339 e. The Morgan fingerprint density at radius 1 is 1.11 bits per heavy atom. The van der Waals surface area contributed by atoms with Gasteiger partial charge in [-0.3, -0.25) is 4.79 Å². The topological polar surface area (TPSA) is 81.8 Å². The molecule has 0 unspecified atom stereocenters. The Hall–Kier alpha value is -4.65. The van der Waals surface area contributed by atoms with Crippen LogP contribution in [0.25, 0.3) is 5.69 Å². The van der Waals surface area contributed by atoms with E-state index in [2.05, 4.69) is 27.2 Å². The molecule has 0 aliphatic carbocycles. The number of Topliss-reactive ketones (excluding diaryl/α,β-unsaturated/α-hetero) is 1. The predicted octanol–water partition coefficient (Wildman–Crippen LogP) is 4.41. The summed E-state index contributed by atoms with van der Waals surface area (Å²) in [5, 5.41) is 6.38. The van der Waals surface area contributed by atoms with Gasteiger partial charge in [0, 0.05) is 42.7 Å². The minimum absolute atomic E-state index is 0.222. The van der Waals surface area contributed by atoms with Crippen molar-refractivity contribution >= 4 is 11.8 Å². The first-order chi connectivity index (χ1) is 17.1. The zero-order valence-electron chi connectivity index (χ0n) is 19.3. The Balaban J connectivity index is 1.60. The van der Waals surface area contributed by atoms with E-state index in [-0.39, 0.29) is 23.5 Å². The molecule has 4 aromatic rings. The summed E-state index contributed by atoms with van der Waals surface area (Å²) in [5.41, 5.74) is 1.88. The highest BCUT2D eigenvalue weighted by molar-refractivity contribution is 5.98. The summed E-state index contributed by atoms with van der Waals surface area (Å²) in [6.45, 7) is 1.83. The molecule has 1 amide bonds. The lowest BCUT2D eigenvalue weighted by Crippen LogP contribution is -2.24. The van der Waals surface area contributed by atoms with Crippen molar-refractivity contribution in [3.8, 4) is 17.5 Å². The lowest BCUT2D eigenvalue weighted by atomic mass is 9.97. The van der Waals surface area contributed by atoms with Crippen molar-refractivity contribution in [1.82, 2.24) is 24.6 Å². The van der Waals surface area contributed by atoms with E-state index in [1.54, 1.807) is 18.2 Å². The summed E-state index contributed by atoms with van der Waals surface area (Å²) in [4.78, 5) is 28.5. The van der Waals surface area contributed by atoms with Gasteiger partial charge < -0.3 is 9.88 Å². The fourth-order valence-electron chi connectivity index (χ4n) is 3.47. The third-order valence-corrected chi connectivity index (χ3v) is 5.38. The largest absolute Gasteiger partial charge is 0.416 e. The van der Waals surface area contributed by atoms with E-state index >= 15 is 0 Å². The molecular weight excluding hydrogens is 471 g/mol. The number of imidazole rings is 1. The van der Waals surface area contributed by atoms with Gasteiger partial charge in [0.1, 0.15) is 0 Å². The van der Waals surface area contributed by atoms with Gasteiger partial charge in [0.15, 0.2) is 5.78 Å². The van der Waals surface area contributed by atoms with Crippen LogP contribution in [0.5, 0.6) is 0 Å². The molecule has 2 aromatic carbocycles. The monoisotopic (exact) mass is 491 g/mol. The van der Waals surface area contributed by atoms with Gasteiger partial charge >= 0.3 is 12.2 Å². The molecule has 182 valence electrons. The van der Waals surface area contributed by atoms with Crippen LogP contribution in [0.4, 0.5) is 18.0 Å². The van der Waals surface area contributed by atoms with Crippen molar-refractivity contribution in [2.45, 2.75) is 19.5 Å². The van der Waals surface area contributed by atoms with Crippen molar-refractivity contribution in [3.05, 3.63) is 101 Å². The second-order valence-electron chi connectivity index (χ2n) is 7.96. The number of carbonyl (C=O) groups excluding carboxylic acids is 2. The molecule has 0 aliphatic heterocycles. The molecule has 7 nitrogen and oxygen atoms in total. The van der Waals surface area contributed by atoms with Crippen LogP contribution < -0.4 is 5.32 Å². The van der Waals surface area contributed by atoms with Crippen molar-refractivity contribution in [2.24, 2.45) is 0 Å². The second kappa shape index (κ2) is 9.92. The van der Waals surface area contributed by atoms with E-state index in [1.165, 1.54) is 48.8 Å². The number of rotatable bonds is 4. The van der Waals surface area contributed by atoms with E-state index in [9.17, 15) is 22.8 Å². The van der Waals surface area contributed by atoms with Crippen molar-refractivity contribution in [3.63, 3.8) is 0 Å². The van der Waals surface area contributed by atoms with Gasteiger partial charge in [0.2, 0.25) is 0 Å². The van der Waals surface area contributed by atoms with Gasteiger partial charge in [0.25, 0.3) is 0 Å². The van der Waals surface area contributed by atoms with E-state index in [0.717, 1.165) is 22.4 Å². The molecule has 0 atom stereocenters. The molecule has 0 fully saturated rings. The summed E-state index contributed by atoms with van der Waals surface area (Å²) >= 11 is 0. The van der Waals surface area contributed by atoms with Crippen LogP contribution in [-0.2, 0) is 12.6 Å². The lowest BCUT2D eigenvalue weighted by molar-refractivity contribution is -0.137. The molecular formula is C26H20F3N5O2. The van der Waals surface area contributed by atoms with Crippen molar-refractivity contribution < 1.29 is 22.8 Å². The van der Waals surface area contributed by atoms with Crippen molar-refractivity contribution in [1.29, 1.82) is 0 Å². The third-order valence-electron chi connectivity index (χ3n) is 5.38. The van der Waals surface area contributed by atoms with Gasteiger partial charge in [-0.1, -0.05) is 24.0 Å². The average molecular weight is 491 g/mol. The summed E-state index contributed by atoms with van der Waals surface area (Å²) in [6, 6.07) is 8.09. The number of aromatic nitrogens is 4. The fourth-order valence-corrected chi connectivity index (χ4v) is 3.47. The average Bonchev–Trinajstić information content (AvgIpc) is 3.55. The highest BCUT2D eigenvalue weighted by Gasteiger charge is 2.31. The number of benzene rings is 2. The van der Waals surface area contributed by atoms with Gasteiger partial charge in [-0.2, -0.15) is 23.0 Å². The Morgan fingerprint density at radius 2 is 1.92 bits per heavy atom. The number of amides is 1. The highest BCUT2D eigenvalue weighted by atomic mass is 19.4. The van der Waals surface area contributed by atoms with E-state index in [0.29, 0.717) is 16.7 Å². The number of alkyl halides is 3. The summed E-state index contributed by atoms with van der Waals surface area (Å²) in [5.74, 6) is 5.53. The van der Waals surface area contributed by atoms with Crippen molar-refractivity contribution in [2.75, 3.05) is 7.05 Å². The molecule has 2 aromatic heterocycles. The Morgan fingerprint density at radius 3 is 2.61 bits per heavy atom. The molecule has 0 radical (unpaired) electrons. The van der Waals surface area contributed by atoms with Crippen LogP contribution in [0.15, 0.2) is 67.5 Å². The molecule has 0 saturated heterocycles. The maximum absolute atomic E-state index is 13.5. The second-order valence-corrected chi connectivity index (χ2v) is 7.96. The standard InChI is InChI=1S/C26H20F3N5O2/c1-17-3-5-21(12-20(17)6-4-18-14-32-34(15-18)25(36)30-2)24(35)11-19-9-22(26(27,28)29)13-23(10-19)33-8-7-31-16-33/h3,5,7-10,12-16H,11H2,1-2H3,(H,30,36). The quantitative estimate of drug-likeness (QED) is 0.339. The first kappa shape index (κ1) is 24.5. The van der Waals surface area contributed by atoms with Crippen LogP contribution in [-0.4, -0.2) is 38.2 Å². The number of carbonyl (C=O) groups is 2. The maximum atomic E-state index is 13.5. The lowest BCUT2D eigenvalue weighted by Gasteiger charge is -2.13. The maximum Gasteiger partial charge on any atom is 0.416 e. The minimum atomic E-state index is -4.56. The van der Waals surface area contributed by atoms with E-state index < -0.39 is 17.8 Å². The molecule has 10 heteroatoms. The molecule has 0 bridgehead atoms. The summed E-state index contributed by atoms with van der Waals surface area (Å²) in [6.07, 6.45) is 2.52. The van der Waals surface area contributed by atoms with Crippen LogP contribution >= 0.6 is 0 Å². The van der Waals surface area contributed by atoms with Gasteiger partial charge in [0.05, 0.1) is 29.8 Å². The number of hydrogen-bond donors (Lipinski definition) is 1. The molecule has 0 saturated carbocycles. The number of aryl methyl sites for hydroxylation is 1. The van der Waals surface area contributed by atoms with Crippen LogP contribution in [0.2, 0.25) is 0 Å². The first-order valence-electron chi connectivity index (χ1n) is 10.8. The number of hydrogen-bond acceptors (Lipinski definition) is 4. The van der Waals surface area contributed by atoms with Crippen LogP contribution in [0.3, 0.4) is 0 Å². The van der Waals surface area contributed by atoms with Gasteiger partial charge in [-0.15, -0.1) is 0 Å². The fraction of sp³-hybridized carbons (Fsp3) is 0.154. The van der Waals surface area contributed by atoms with Crippen LogP contribution in [0.1, 0.15) is 38.2 Å². The van der Waals surface area contributed by atoms with Gasteiger partial charge in [-0.25, -0.2) is 9.78 Å². The number of ketones is 1. The summed E-state index contributed by atoms with van der Waals surface area (Å²) in [7, 11) is 1.49. The molecule has 0 aliphatic rings. The van der Waals surface area contributed by atoms with Crippen LogP contribution in [0, 0.1) is 18.8 Å². The predicted molar refractivity (Wildman–Crippen MR) is 126 cm³/mol. The Bertz CT molecular complexity index is 1490. The Kier molecular flexibility index (Phi) is 6.74.